The quantitative estimate of drug-likeness (QED) is 0.676. The average Bonchev–Trinajstić information content (AvgIpc) is 2.52. The molecule has 1 rings (SSSR count). The van der Waals surface area contributed by atoms with Gasteiger partial charge in [0.15, 0.2) is 0 Å². The van der Waals surface area contributed by atoms with Gasteiger partial charge in [-0.2, -0.15) is 0 Å². The third kappa shape index (κ3) is 1.66. The summed E-state index contributed by atoms with van der Waals surface area (Å²) in [7, 11) is 0. The van der Waals surface area contributed by atoms with Crippen LogP contribution < -0.4 is 0 Å². The van der Waals surface area contributed by atoms with Gasteiger partial charge in [-0.15, -0.1) is 6.42 Å². The molecular formula is C9H12N2O. The second-order valence-electron chi connectivity index (χ2n) is 2.54. The maximum Gasteiger partial charge on any atom is 0.138 e. The Morgan fingerprint density at radius 2 is 2.58 bits per heavy atom. The van der Waals surface area contributed by atoms with Crippen LogP contribution in [0, 0.1) is 12.3 Å². The van der Waals surface area contributed by atoms with E-state index in [-0.39, 0.29) is 0 Å². The van der Waals surface area contributed by atoms with Gasteiger partial charge >= 0.3 is 0 Å². The molecule has 1 aromatic rings. The Balaban J connectivity index is 2.84. The van der Waals surface area contributed by atoms with Crippen molar-refractivity contribution >= 4 is 0 Å². The molecule has 0 aliphatic heterocycles. The van der Waals surface area contributed by atoms with Crippen molar-refractivity contribution in [2.45, 2.75) is 26.0 Å². The smallest absolute Gasteiger partial charge is 0.138 e. The number of terminal acetylenes is 1. The lowest BCUT2D eigenvalue weighted by molar-refractivity contribution is 0.160. The maximum absolute atomic E-state index is 9.47. The highest BCUT2D eigenvalue weighted by molar-refractivity contribution is 5.00. The number of hydrogen-bond acceptors (Lipinski definition) is 2. The zero-order chi connectivity index (χ0) is 8.97. The van der Waals surface area contributed by atoms with Crippen LogP contribution >= 0.6 is 0 Å². The first-order chi connectivity index (χ1) is 5.79. The Kier molecular flexibility index (Phi) is 2.89. The van der Waals surface area contributed by atoms with Gasteiger partial charge in [0.1, 0.15) is 11.9 Å². The summed E-state index contributed by atoms with van der Waals surface area (Å²) < 4.78 is 1.77. The Morgan fingerprint density at radius 1 is 1.83 bits per heavy atom. The standard InChI is InChI=1S/C9H12N2O/c1-3-6-11-7-5-10-9(11)8(12)4-2/h1,5,7-8,12H,4,6H2,2H3. The van der Waals surface area contributed by atoms with Gasteiger partial charge in [-0.3, -0.25) is 0 Å². The summed E-state index contributed by atoms with van der Waals surface area (Å²) in [4.78, 5) is 4.02. The highest BCUT2D eigenvalue weighted by atomic mass is 16.3. The summed E-state index contributed by atoms with van der Waals surface area (Å²) >= 11 is 0. The van der Waals surface area contributed by atoms with Crippen LogP contribution in [0.4, 0.5) is 0 Å². The lowest BCUT2D eigenvalue weighted by atomic mass is 10.2. The van der Waals surface area contributed by atoms with Gasteiger partial charge in [-0.05, 0) is 6.42 Å². The Bertz CT molecular complexity index is 285. The first-order valence-electron chi connectivity index (χ1n) is 3.92. The van der Waals surface area contributed by atoms with E-state index >= 15 is 0 Å². The fourth-order valence-corrected chi connectivity index (χ4v) is 1.03. The molecule has 0 fully saturated rings. The second kappa shape index (κ2) is 3.93. The largest absolute Gasteiger partial charge is 0.385 e. The lowest BCUT2D eigenvalue weighted by Gasteiger charge is -2.08. The first-order valence-corrected chi connectivity index (χ1v) is 3.92. The third-order valence-corrected chi connectivity index (χ3v) is 1.69. The summed E-state index contributed by atoms with van der Waals surface area (Å²) in [6.45, 7) is 2.37. The van der Waals surface area contributed by atoms with E-state index in [1.165, 1.54) is 0 Å². The van der Waals surface area contributed by atoms with Crippen LogP contribution in [-0.2, 0) is 6.54 Å². The molecule has 0 aliphatic rings. The Morgan fingerprint density at radius 3 is 3.17 bits per heavy atom. The topological polar surface area (TPSA) is 38.0 Å². The van der Waals surface area contributed by atoms with Crippen LogP contribution in [-0.4, -0.2) is 14.7 Å². The zero-order valence-corrected chi connectivity index (χ0v) is 7.07. The van der Waals surface area contributed by atoms with E-state index in [1.807, 2.05) is 6.92 Å². The maximum atomic E-state index is 9.47. The first kappa shape index (κ1) is 8.82. The lowest BCUT2D eigenvalue weighted by Crippen LogP contribution is -2.06. The monoisotopic (exact) mass is 164 g/mol. The third-order valence-electron chi connectivity index (χ3n) is 1.69. The summed E-state index contributed by atoms with van der Waals surface area (Å²) in [5, 5.41) is 9.47. The molecule has 64 valence electrons. The second-order valence-corrected chi connectivity index (χ2v) is 2.54. The number of imidazole rings is 1. The van der Waals surface area contributed by atoms with Gasteiger partial charge in [0, 0.05) is 12.4 Å². The van der Waals surface area contributed by atoms with Gasteiger partial charge in [-0.1, -0.05) is 12.8 Å². The molecule has 0 spiro atoms. The van der Waals surface area contributed by atoms with Crippen molar-refractivity contribution < 1.29 is 5.11 Å². The molecule has 3 nitrogen and oxygen atoms in total. The van der Waals surface area contributed by atoms with Gasteiger partial charge in [0.25, 0.3) is 0 Å². The number of hydrogen-bond donors (Lipinski definition) is 1. The fraction of sp³-hybridized carbons (Fsp3) is 0.444. The zero-order valence-electron chi connectivity index (χ0n) is 7.07. The highest BCUT2D eigenvalue weighted by Crippen LogP contribution is 2.13. The minimum Gasteiger partial charge on any atom is -0.385 e. The summed E-state index contributed by atoms with van der Waals surface area (Å²) in [5.41, 5.74) is 0. The van der Waals surface area contributed by atoms with E-state index < -0.39 is 6.10 Å². The Labute approximate surface area is 72.1 Å². The van der Waals surface area contributed by atoms with Crippen molar-refractivity contribution in [2.24, 2.45) is 0 Å². The van der Waals surface area contributed by atoms with Gasteiger partial charge < -0.3 is 9.67 Å². The van der Waals surface area contributed by atoms with Crippen molar-refractivity contribution in [3.8, 4) is 12.3 Å². The molecule has 0 aliphatic carbocycles. The van der Waals surface area contributed by atoms with Crippen LogP contribution in [0.1, 0.15) is 25.3 Å². The molecule has 0 radical (unpaired) electrons. The highest BCUT2D eigenvalue weighted by Gasteiger charge is 2.10. The molecule has 1 unspecified atom stereocenters. The van der Waals surface area contributed by atoms with E-state index in [1.54, 1.807) is 17.0 Å². The van der Waals surface area contributed by atoms with E-state index in [0.29, 0.717) is 18.8 Å². The number of aliphatic hydroxyl groups is 1. The average molecular weight is 164 g/mol. The van der Waals surface area contributed by atoms with E-state index in [9.17, 15) is 5.11 Å². The molecule has 0 amide bonds. The minimum atomic E-state index is -0.506. The van der Waals surface area contributed by atoms with Crippen LogP contribution in [0.15, 0.2) is 12.4 Å². The van der Waals surface area contributed by atoms with Crippen molar-refractivity contribution in [2.75, 3.05) is 0 Å². The van der Waals surface area contributed by atoms with E-state index in [0.717, 1.165) is 0 Å². The molecule has 3 heteroatoms. The van der Waals surface area contributed by atoms with E-state index in [4.69, 9.17) is 6.42 Å². The molecule has 1 aromatic heterocycles. The number of aliphatic hydroxyl groups excluding tert-OH is 1. The van der Waals surface area contributed by atoms with Crippen LogP contribution in [0.5, 0.6) is 0 Å². The number of nitrogens with zero attached hydrogens (tertiary/aromatic N) is 2. The molecule has 1 N–H and O–H groups in total. The SMILES string of the molecule is C#CCn1ccnc1C(O)CC. The van der Waals surface area contributed by atoms with Crippen LogP contribution in [0.2, 0.25) is 0 Å². The molecule has 1 atom stereocenters. The van der Waals surface area contributed by atoms with Crippen LogP contribution in [0.25, 0.3) is 0 Å². The summed E-state index contributed by atoms with van der Waals surface area (Å²) in [6.07, 6.45) is 8.71. The molecule has 0 aromatic carbocycles. The van der Waals surface area contributed by atoms with Crippen molar-refractivity contribution in [1.82, 2.24) is 9.55 Å². The molecule has 1 heterocycles. The predicted molar refractivity (Wildman–Crippen MR) is 46.3 cm³/mol. The number of aromatic nitrogens is 2. The Hall–Kier alpha value is -1.27. The molecule has 0 saturated heterocycles. The number of rotatable bonds is 3. The molecular weight excluding hydrogens is 152 g/mol. The van der Waals surface area contributed by atoms with Gasteiger partial charge in [-0.25, -0.2) is 4.98 Å². The molecule has 12 heavy (non-hydrogen) atoms. The predicted octanol–water partition coefficient (Wildman–Crippen LogP) is 0.960. The minimum absolute atomic E-state index is 0.465. The summed E-state index contributed by atoms with van der Waals surface area (Å²) in [6, 6.07) is 0. The summed E-state index contributed by atoms with van der Waals surface area (Å²) in [5.74, 6) is 3.15. The fourth-order valence-electron chi connectivity index (χ4n) is 1.03. The van der Waals surface area contributed by atoms with Crippen LogP contribution in [0.3, 0.4) is 0 Å². The van der Waals surface area contributed by atoms with Crippen molar-refractivity contribution in [3.05, 3.63) is 18.2 Å². The molecule has 0 saturated carbocycles. The van der Waals surface area contributed by atoms with Crippen molar-refractivity contribution in [3.63, 3.8) is 0 Å². The normalized spacial score (nSPS) is 12.4. The van der Waals surface area contributed by atoms with Gasteiger partial charge in [0.05, 0.1) is 6.54 Å². The van der Waals surface area contributed by atoms with Gasteiger partial charge in [0.2, 0.25) is 0 Å². The van der Waals surface area contributed by atoms with E-state index in [2.05, 4.69) is 10.9 Å². The molecule has 0 bridgehead atoms. The van der Waals surface area contributed by atoms with Crippen molar-refractivity contribution in [1.29, 1.82) is 0 Å².